The van der Waals surface area contributed by atoms with E-state index in [0.717, 1.165) is 0 Å². The highest BCUT2D eigenvalue weighted by atomic mass is 35.5. The number of halogens is 4. The molecular formula is C13H15ClF3N. The normalized spacial score (nSPS) is 24.2. The van der Waals surface area contributed by atoms with Crippen LogP contribution in [0.2, 0.25) is 5.02 Å². The molecule has 0 radical (unpaired) electrons. The molecule has 1 aliphatic rings. The molecule has 100 valence electrons. The van der Waals surface area contributed by atoms with Crippen molar-refractivity contribution in [1.29, 1.82) is 0 Å². The second-order valence-corrected chi connectivity index (χ2v) is 5.35. The number of hydrogen-bond donors (Lipinski definition) is 1. The predicted molar refractivity (Wildman–Crippen MR) is 65.4 cm³/mol. The molecule has 0 bridgehead atoms. The molecule has 0 spiro atoms. The molecule has 2 N–H and O–H groups in total. The van der Waals surface area contributed by atoms with Gasteiger partial charge in [-0.1, -0.05) is 23.7 Å². The van der Waals surface area contributed by atoms with Gasteiger partial charge < -0.3 is 5.73 Å². The molecule has 1 aliphatic carbocycles. The van der Waals surface area contributed by atoms with E-state index in [1.165, 1.54) is 6.07 Å². The maximum Gasteiger partial charge on any atom is 0.248 e. The van der Waals surface area contributed by atoms with Gasteiger partial charge in [-0.15, -0.1) is 0 Å². The lowest BCUT2D eigenvalue weighted by Gasteiger charge is -2.19. The standard InChI is InChI=1S/C13H15ClF3N/c14-10-3-1-2-8(12(10)15)6-11(18)9-4-5-13(16,17)7-9/h1-3,9,11H,4-7,18H2. The van der Waals surface area contributed by atoms with Crippen molar-refractivity contribution in [3.63, 3.8) is 0 Å². The Balaban J connectivity index is 2.04. The Bertz CT molecular complexity index is 436. The fourth-order valence-electron chi connectivity index (χ4n) is 2.48. The van der Waals surface area contributed by atoms with E-state index in [2.05, 4.69) is 0 Å². The van der Waals surface area contributed by atoms with E-state index in [-0.39, 0.29) is 30.2 Å². The lowest BCUT2D eigenvalue weighted by atomic mass is 9.92. The minimum Gasteiger partial charge on any atom is -0.327 e. The summed E-state index contributed by atoms with van der Waals surface area (Å²) >= 11 is 5.67. The molecule has 0 aliphatic heterocycles. The van der Waals surface area contributed by atoms with Crippen LogP contribution in [0, 0.1) is 11.7 Å². The molecule has 18 heavy (non-hydrogen) atoms. The molecule has 1 aromatic carbocycles. The number of benzene rings is 1. The van der Waals surface area contributed by atoms with Crippen LogP contribution in [0.3, 0.4) is 0 Å². The largest absolute Gasteiger partial charge is 0.327 e. The van der Waals surface area contributed by atoms with Crippen LogP contribution in [0.15, 0.2) is 18.2 Å². The Morgan fingerprint density at radius 1 is 1.44 bits per heavy atom. The highest BCUT2D eigenvalue weighted by Gasteiger charge is 2.41. The van der Waals surface area contributed by atoms with Crippen molar-refractivity contribution in [2.24, 2.45) is 11.7 Å². The van der Waals surface area contributed by atoms with Gasteiger partial charge in [-0.05, 0) is 30.4 Å². The van der Waals surface area contributed by atoms with Crippen LogP contribution < -0.4 is 5.73 Å². The van der Waals surface area contributed by atoms with Crippen LogP contribution in [0.5, 0.6) is 0 Å². The van der Waals surface area contributed by atoms with Gasteiger partial charge in [0.25, 0.3) is 0 Å². The van der Waals surface area contributed by atoms with Gasteiger partial charge in [0.05, 0.1) is 5.02 Å². The van der Waals surface area contributed by atoms with Crippen LogP contribution >= 0.6 is 11.6 Å². The molecule has 0 heterocycles. The number of hydrogen-bond acceptors (Lipinski definition) is 1. The summed E-state index contributed by atoms with van der Waals surface area (Å²) < 4.78 is 39.8. The monoisotopic (exact) mass is 277 g/mol. The van der Waals surface area contributed by atoms with Gasteiger partial charge in [0.1, 0.15) is 5.82 Å². The van der Waals surface area contributed by atoms with Crippen LogP contribution in [0.4, 0.5) is 13.2 Å². The summed E-state index contributed by atoms with van der Waals surface area (Å²) in [6.07, 6.45) is 0.323. The maximum atomic E-state index is 13.7. The Morgan fingerprint density at radius 2 is 2.17 bits per heavy atom. The minimum atomic E-state index is -2.62. The molecule has 0 amide bonds. The highest BCUT2D eigenvalue weighted by molar-refractivity contribution is 6.30. The SMILES string of the molecule is NC(Cc1cccc(Cl)c1F)C1CCC(F)(F)C1. The van der Waals surface area contributed by atoms with Gasteiger partial charge in [-0.25, -0.2) is 13.2 Å². The first kappa shape index (κ1) is 13.7. The van der Waals surface area contributed by atoms with Crippen molar-refractivity contribution in [3.8, 4) is 0 Å². The van der Waals surface area contributed by atoms with Crippen LogP contribution in [-0.2, 0) is 6.42 Å². The van der Waals surface area contributed by atoms with E-state index in [1.54, 1.807) is 12.1 Å². The molecule has 2 rings (SSSR count). The number of alkyl halides is 2. The van der Waals surface area contributed by atoms with Crippen LogP contribution in [0.1, 0.15) is 24.8 Å². The molecule has 0 aromatic heterocycles. The summed E-state index contributed by atoms with van der Waals surface area (Å²) in [5.74, 6) is -3.37. The van der Waals surface area contributed by atoms with Crippen molar-refractivity contribution >= 4 is 11.6 Å². The first-order valence-electron chi connectivity index (χ1n) is 5.95. The minimum absolute atomic E-state index is 0.0384. The van der Waals surface area contributed by atoms with E-state index in [1.807, 2.05) is 0 Å². The molecule has 1 aromatic rings. The smallest absolute Gasteiger partial charge is 0.248 e. The quantitative estimate of drug-likeness (QED) is 0.894. The molecule has 2 atom stereocenters. The number of rotatable bonds is 3. The van der Waals surface area contributed by atoms with Crippen molar-refractivity contribution in [2.75, 3.05) is 0 Å². The summed E-state index contributed by atoms with van der Waals surface area (Å²) in [6.45, 7) is 0. The second kappa shape index (κ2) is 5.10. The van der Waals surface area contributed by atoms with Crippen LogP contribution in [0.25, 0.3) is 0 Å². The Kier molecular flexibility index (Phi) is 3.87. The Morgan fingerprint density at radius 3 is 2.78 bits per heavy atom. The Labute approximate surface area is 109 Å². The van der Waals surface area contributed by atoms with Crippen molar-refractivity contribution in [2.45, 2.75) is 37.6 Å². The lowest BCUT2D eigenvalue weighted by Crippen LogP contribution is -2.32. The van der Waals surface area contributed by atoms with Gasteiger partial charge in [0, 0.05) is 18.9 Å². The van der Waals surface area contributed by atoms with Crippen molar-refractivity contribution in [3.05, 3.63) is 34.6 Å². The average Bonchev–Trinajstić information content (AvgIpc) is 2.65. The average molecular weight is 278 g/mol. The van der Waals surface area contributed by atoms with E-state index in [9.17, 15) is 13.2 Å². The molecular weight excluding hydrogens is 263 g/mol. The van der Waals surface area contributed by atoms with Gasteiger partial charge in [0.2, 0.25) is 5.92 Å². The van der Waals surface area contributed by atoms with E-state index in [0.29, 0.717) is 12.0 Å². The summed E-state index contributed by atoms with van der Waals surface area (Å²) in [7, 11) is 0. The van der Waals surface area contributed by atoms with Gasteiger partial charge in [0.15, 0.2) is 0 Å². The third-order valence-electron chi connectivity index (χ3n) is 3.53. The van der Waals surface area contributed by atoms with Gasteiger partial charge in [-0.3, -0.25) is 0 Å². The second-order valence-electron chi connectivity index (χ2n) is 4.94. The highest BCUT2D eigenvalue weighted by Crippen LogP contribution is 2.40. The first-order chi connectivity index (χ1) is 8.39. The molecule has 1 fully saturated rings. The fourth-order valence-corrected chi connectivity index (χ4v) is 2.67. The summed E-state index contributed by atoms with van der Waals surface area (Å²) in [6, 6.07) is 4.23. The summed E-state index contributed by atoms with van der Waals surface area (Å²) in [5, 5.41) is 0.0384. The van der Waals surface area contributed by atoms with Gasteiger partial charge in [-0.2, -0.15) is 0 Å². The topological polar surface area (TPSA) is 26.0 Å². The summed E-state index contributed by atoms with van der Waals surface area (Å²) in [5.41, 5.74) is 6.30. The van der Waals surface area contributed by atoms with Gasteiger partial charge >= 0.3 is 0 Å². The zero-order valence-electron chi connectivity index (χ0n) is 9.80. The molecule has 2 unspecified atom stereocenters. The Hall–Kier alpha value is -0.740. The van der Waals surface area contributed by atoms with Crippen molar-refractivity contribution < 1.29 is 13.2 Å². The predicted octanol–water partition coefficient (Wildman–Crippen LogP) is 3.78. The van der Waals surface area contributed by atoms with Crippen LogP contribution in [-0.4, -0.2) is 12.0 Å². The van der Waals surface area contributed by atoms with Crippen molar-refractivity contribution in [1.82, 2.24) is 0 Å². The van der Waals surface area contributed by atoms with E-state index in [4.69, 9.17) is 17.3 Å². The maximum absolute atomic E-state index is 13.7. The third-order valence-corrected chi connectivity index (χ3v) is 3.83. The zero-order chi connectivity index (χ0) is 13.3. The first-order valence-corrected chi connectivity index (χ1v) is 6.33. The molecule has 5 heteroatoms. The molecule has 1 saturated carbocycles. The van der Waals surface area contributed by atoms with E-state index >= 15 is 0 Å². The fraction of sp³-hybridized carbons (Fsp3) is 0.538. The van der Waals surface area contributed by atoms with E-state index < -0.39 is 17.8 Å². The third kappa shape index (κ3) is 2.98. The lowest BCUT2D eigenvalue weighted by molar-refractivity contribution is 0.00393. The molecule has 1 nitrogen and oxygen atoms in total. The summed E-state index contributed by atoms with van der Waals surface area (Å²) in [4.78, 5) is 0. The molecule has 0 saturated heterocycles. The zero-order valence-corrected chi connectivity index (χ0v) is 10.6. The number of nitrogens with two attached hydrogens (primary N) is 1.